The van der Waals surface area contributed by atoms with Crippen molar-refractivity contribution in [3.05, 3.63) is 77.7 Å². The Morgan fingerprint density at radius 1 is 1.07 bits per heavy atom. The minimum Gasteiger partial charge on any atom is -0.496 e. The molecule has 1 aromatic heterocycles. The second-order valence-electron chi connectivity index (χ2n) is 7.56. The Balaban J connectivity index is 1.81. The molecule has 2 aromatic carbocycles. The highest BCUT2D eigenvalue weighted by molar-refractivity contribution is 6.04. The van der Waals surface area contributed by atoms with Crippen molar-refractivity contribution in [3.63, 3.8) is 0 Å². The monoisotopic (exact) mass is 378 g/mol. The van der Waals surface area contributed by atoms with Crippen molar-refractivity contribution in [3.8, 4) is 17.0 Å². The summed E-state index contributed by atoms with van der Waals surface area (Å²) in [6.07, 6.45) is 1.47. The molecule has 0 radical (unpaired) electrons. The molecule has 0 bridgehead atoms. The normalized spacial score (nSPS) is 11.2. The second-order valence-corrected chi connectivity index (χ2v) is 7.56. The summed E-state index contributed by atoms with van der Waals surface area (Å²) >= 11 is 0. The highest BCUT2D eigenvalue weighted by atomic mass is 19.1. The number of methoxy groups -OCH3 is 1. The summed E-state index contributed by atoms with van der Waals surface area (Å²) in [5, 5.41) is 2.90. The van der Waals surface area contributed by atoms with E-state index in [1.54, 1.807) is 18.2 Å². The third-order valence-corrected chi connectivity index (χ3v) is 4.45. The molecule has 0 aliphatic rings. The Bertz CT molecular complexity index is 992. The Labute approximate surface area is 164 Å². The van der Waals surface area contributed by atoms with E-state index in [0.717, 1.165) is 11.3 Å². The van der Waals surface area contributed by atoms with Gasteiger partial charge in [0.15, 0.2) is 0 Å². The molecule has 5 heteroatoms. The summed E-state index contributed by atoms with van der Waals surface area (Å²) in [6, 6.07) is 15.4. The Kier molecular flexibility index (Phi) is 5.45. The van der Waals surface area contributed by atoms with E-state index in [0.29, 0.717) is 22.6 Å². The summed E-state index contributed by atoms with van der Waals surface area (Å²) in [6.45, 7) is 6.37. The van der Waals surface area contributed by atoms with Crippen molar-refractivity contribution >= 4 is 11.6 Å². The fourth-order valence-electron chi connectivity index (χ4n) is 2.83. The first-order valence-electron chi connectivity index (χ1n) is 9.00. The number of anilines is 1. The smallest absolute Gasteiger partial charge is 0.257 e. The Hall–Kier alpha value is -3.21. The Morgan fingerprint density at radius 2 is 1.86 bits per heavy atom. The SMILES string of the molecule is COc1ccc(F)cc1-c1ccc(C(=O)Nc2cccc(C(C)(C)C)c2)cn1. The predicted octanol–water partition coefficient (Wildman–Crippen LogP) is 5.45. The van der Waals surface area contributed by atoms with Crippen LogP contribution in [0.3, 0.4) is 0 Å². The van der Waals surface area contributed by atoms with Gasteiger partial charge in [-0.3, -0.25) is 9.78 Å². The molecule has 0 unspecified atom stereocenters. The average molecular weight is 378 g/mol. The number of aromatic nitrogens is 1. The molecule has 3 aromatic rings. The molecular formula is C23H23FN2O2. The van der Waals surface area contributed by atoms with Crippen LogP contribution in [-0.2, 0) is 5.41 Å². The fourth-order valence-corrected chi connectivity index (χ4v) is 2.83. The molecule has 0 fully saturated rings. The lowest BCUT2D eigenvalue weighted by Gasteiger charge is -2.19. The van der Waals surface area contributed by atoms with Crippen molar-refractivity contribution in [1.29, 1.82) is 0 Å². The number of benzene rings is 2. The summed E-state index contributed by atoms with van der Waals surface area (Å²) in [4.78, 5) is 16.9. The highest BCUT2D eigenvalue weighted by Crippen LogP contribution is 2.29. The lowest BCUT2D eigenvalue weighted by atomic mass is 9.87. The van der Waals surface area contributed by atoms with Crippen LogP contribution in [-0.4, -0.2) is 18.0 Å². The summed E-state index contributed by atoms with van der Waals surface area (Å²) < 4.78 is 18.9. The molecule has 0 aliphatic carbocycles. The quantitative estimate of drug-likeness (QED) is 0.657. The van der Waals surface area contributed by atoms with E-state index in [2.05, 4.69) is 31.1 Å². The number of amides is 1. The standard InChI is InChI=1S/C23H23FN2O2/c1-23(2,3)16-6-5-7-18(12-16)26-22(27)15-8-10-20(25-14-15)19-13-17(24)9-11-21(19)28-4/h5-14H,1-4H3,(H,26,27). The van der Waals surface area contributed by atoms with Crippen LogP contribution < -0.4 is 10.1 Å². The highest BCUT2D eigenvalue weighted by Gasteiger charge is 2.15. The van der Waals surface area contributed by atoms with Crippen LogP contribution in [0.1, 0.15) is 36.7 Å². The van der Waals surface area contributed by atoms with Gasteiger partial charge in [-0.25, -0.2) is 4.39 Å². The zero-order valence-corrected chi connectivity index (χ0v) is 16.4. The number of halogens is 1. The van der Waals surface area contributed by atoms with Gasteiger partial charge >= 0.3 is 0 Å². The molecule has 0 saturated carbocycles. The second kappa shape index (κ2) is 7.80. The first kappa shape index (κ1) is 19.5. The van der Waals surface area contributed by atoms with Crippen LogP contribution in [0, 0.1) is 5.82 Å². The predicted molar refractivity (Wildman–Crippen MR) is 109 cm³/mol. The third kappa shape index (κ3) is 4.36. The van der Waals surface area contributed by atoms with E-state index >= 15 is 0 Å². The number of carbonyl (C=O) groups excluding carboxylic acids is 1. The van der Waals surface area contributed by atoms with Gasteiger partial charge in [0.1, 0.15) is 11.6 Å². The zero-order chi connectivity index (χ0) is 20.3. The minimum atomic E-state index is -0.377. The first-order chi connectivity index (χ1) is 13.3. The lowest BCUT2D eigenvalue weighted by Crippen LogP contribution is -2.15. The number of nitrogens with one attached hydrogen (secondary N) is 1. The van der Waals surface area contributed by atoms with Gasteiger partial charge in [0.2, 0.25) is 0 Å². The lowest BCUT2D eigenvalue weighted by molar-refractivity contribution is 0.102. The van der Waals surface area contributed by atoms with Crippen LogP contribution in [0.15, 0.2) is 60.8 Å². The number of hydrogen-bond acceptors (Lipinski definition) is 3. The molecule has 0 saturated heterocycles. The van der Waals surface area contributed by atoms with E-state index in [1.165, 1.54) is 25.4 Å². The van der Waals surface area contributed by atoms with Gasteiger partial charge in [-0.2, -0.15) is 0 Å². The third-order valence-electron chi connectivity index (χ3n) is 4.45. The van der Waals surface area contributed by atoms with Gasteiger partial charge in [-0.05, 0) is 53.4 Å². The first-order valence-corrected chi connectivity index (χ1v) is 9.00. The maximum atomic E-state index is 13.6. The van der Waals surface area contributed by atoms with E-state index in [4.69, 9.17) is 4.74 Å². The number of nitrogens with zero attached hydrogens (tertiary/aromatic N) is 1. The molecule has 1 heterocycles. The molecule has 0 aliphatic heterocycles. The van der Waals surface area contributed by atoms with E-state index in [9.17, 15) is 9.18 Å². The number of ether oxygens (including phenoxy) is 1. The van der Waals surface area contributed by atoms with Crippen molar-refractivity contribution < 1.29 is 13.9 Å². The average Bonchev–Trinajstić information content (AvgIpc) is 2.67. The van der Waals surface area contributed by atoms with Gasteiger partial charge < -0.3 is 10.1 Å². The van der Waals surface area contributed by atoms with Crippen molar-refractivity contribution in [1.82, 2.24) is 4.98 Å². The molecule has 28 heavy (non-hydrogen) atoms. The van der Waals surface area contributed by atoms with Crippen LogP contribution >= 0.6 is 0 Å². The van der Waals surface area contributed by atoms with Gasteiger partial charge in [-0.1, -0.05) is 32.9 Å². The van der Waals surface area contributed by atoms with Crippen LogP contribution in [0.4, 0.5) is 10.1 Å². The Morgan fingerprint density at radius 3 is 2.50 bits per heavy atom. The molecule has 1 amide bonds. The van der Waals surface area contributed by atoms with Gasteiger partial charge in [0.25, 0.3) is 5.91 Å². The summed E-state index contributed by atoms with van der Waals surface area (Å²) in [7, 11) is 1.52. The van der Waals surface area contributed by atoms with Crippen molar-refractivity contribution in [2.75, 3.05) is 12.4 Å². The molecular weight excluding hydrogens is 355 g/mol. The molecule has 4 nitrogen and oxygen atoms in total. The topological polar surface area (TPSA) is 51.2 Å². The molecule has 0 spiro atoms. The maximum absolute atomic E-state index is 13.6. The van der Waals surface area contributed by atoms with Gasteiger partial charge in [0.05, 0.1) is 18.4 Å². The summed E-state index contributed by atoms with van der Waals surface area (Å²) in [5.41, 5.74) is 3.34. The molecule has 1 N–H and O–H groups in total. The number of hydrogen-bond donors (Lipinski definition) is 1. The van der Waals surface area contributed by atoms with Crippen molar-refractivity contribution in [2.45, 2.75) is 26.2 Å². The maximum Gasteiger partial charge on any atom is 0.257 e. The number of pyridine rings is 1. The van der Waals surface area contributed by atoms with E-state index < -0.39 is 0 Å². The van der Waals surface area contributed by atoms with Gasteiger partial charge in [0, 0.05) is 17.4 Å². The van der Waals surface area contributed by atoms with Crippen LogP contribution in [0.5, 0.6) is 5.75 Å². The number of carbonyl (C=O) groups is 1. The van der Waals surface area contributed by atoms with E-state index in [-0.39, 0.29) is 17.1 Å². The molecule has 3 rings (SSSR count). The van der Waals surface area contributed by atoms with Crippen LogP contribution in [0.25, 0.3) is 11.3 Å². The van der Waals surface area contributed by atoms with Crippen LogP contribution in [0.2, 0.25) is 0 Å². The number of rotatable bonds is 4. The fraction of sp³-hybridized carbons (Fsp3) is 0.217. The zero-order valence-electron chi connectivity index (χ0n) is 16.4. The summed E-state index contributed by atoms with van der Waals surface area (Å²) in [5.74, 6) is -0.112. The minimum absolute atomic E-state index is 0.00600. The van der Waals surface area contributed by atoms with E-state index in [1.807, 2.05) is 24.3 Å². The van der Waals surface area contributed by atoms with Crippen molar-refractivity contribution in [2.24, 2.45) is 0 Å². The largest absolute Gasteiger partial charge is 0.496 e. The molecule has 0 atom stereocenters. The van der Waals surface area contributed by atoms with Gasteiger partial charge in [-0.15, -0.1) is 0 Å². The molecule has 144 valence electrons.